The van der Waals surface area contributed by atoms with E-state index in [9.17, 15) is 0 Å². The van der Waals surface area contributed by atoms with E-state index in [1.165, 1.54) is 125 Å². The summed E-state index contributed by atoms with van der Waals surface area (Å²) in [5.74, 6) is 0. The van der Waals surface area contributed by atoms with Crippen LogP contribution in [0.2, 0.25) is 0 Å². The van der Waals surface area contributed by atoms with Gasteiger partial charge in [-0.2, -0.15) is 0 Å². The monoisotopic (exact) mass is 536 g/mol. The van der Waals surface area contributed by atoms with E-state index in [4.69, 9.17) is 0 Å². The summed E-state index contributed by atoms with van der Waals surface area (Å²) in [6.07, 6.45) is 4.73. The molecule has 5 aliphatic carbocycles. The summed E-state index contributed by atoms with van der Waals surface area (Å²) in [5, 5.41) is 6.10. The summed E-state index contributed by atoms with van der Waals surface area (Å²) in [5.41, 5.74) is 23.5. The van der Waals surface area contributed by atoms with E-state index < -0.39 is 0 Å². The zero-order valence-corrected chi connectivity index (χ0v) is 24.8. The van der Waals surface area contributed by atoms with Gasteiger partial charge in [0.25, 0.3) is 0 Å². The van der Waals surface area contributed by atoms with Gasteiger partial charge < -0.3 is 0 Å². The molecule has 0 fully saturated rings. The van der Waals surface area contributed by atoms with Crippen LogP contribution in [0.1, 0.15) is 72.2 Å². The fourth-order valence-corrected chi connectivity index (χ4v) is 10.0. The Labute approximate surface area is 247 Å². The molecule has 0 amide bonds. The Morgan fingerprint density at radius 3 is 0.857 bits per heavy atom. The predicted molar refractivity (Wildman–Crippen MR) is 176 cm³/mol. The predicted octanol–water partition coefficient (Wildman–Crippen LogP) is 10.5. The average Bonchev–Trinajstić information content (AvgIpc) is 3.75. The van der Waals surface area contributed by atoms with Crippen molar-refractivity contribution < 1.29 is 0 Å². The van der Waals surface area contributed by atoms with Gasteiger partial charge >= 0.3 is 0 Å². The van der Waals surface area contributed by atoms with Gasteiger partial charge in [-0.3, -0.25) is 0 Å². The smallest absolute Gasteiger partial charge is 0.0153 e. The first kappa shape index (κ1) is 22.4. The second-order valence-corrected chi connectivity index (χ2v) is 14.7. The number of hydrogen-bond acceptors (Lipinski definition) is 0. The maximum Gasteiger partial charge on any atom is 0.0153 e. The van der Waals surface area contributed by atoms with Gasteiger partial charge in [-0.15, -0.1) is 0 Å². The van der Waals surface area contributed by atoms with Crippen LogP contribution in [-0.4, -0.2) is 0 Å². The summed E-state index contributed by atoms with van der Waals surface area (Å²) >= 11 is 0. The maximum absolute atomic E-state index is 2.59. The molecule has 0 saturated heterocycles. The van der Waals surface area contributed by atoms with E-state index in [0.717, 1.165) is 0 Å². The highest BCUT2D eigenvalue weighted by Gasteiger charge is 2.44. The van der Waals surface area contributed by atoms with Crippen LogP contribution in [0, 0.1) is 0 Å². The molecule has 0 heteroatoms. The van der Waals surface area contributed by atoms with Gasteiger partial charge in [0, 0.05) is 10.8 Å². The van der Waals surface area contributed by atoms with E-state index in [1.54, 1.807) is 10.8 Å². The van der Waals surface area contributed by atoms with E-state index in [1.807, 2.05) is 0 Å². The van der Waals surface area contributed by atoms with Gasteiger partial charge in [0.1, 0.15) is 0 Å². The first-order valence-corrected chi connectivity index (χ1v) is 15.9. The van der Waals surface area contributed by atoms with Gasteiger partial charge in [0.05, 0.1) is 0 Å². The van der Waals surface area contributed by atoms with Gasteiger partial charge in [0.2, 0.25) is 0 Å². The number of benzene rings is 6. The maximum atomic E-state index is 2.59. The molecule has 5 aliphatic rings. The summed E-state index contributed by atoms with van der Waals surface area (Å²) in [6.45, 7) is 9.88. The zero-order valence-electron chi connectivity index (χ0n) is 24.8. The molecule has 0 saturated carbocycles. The fourth-order valence-electron chi connectivity index (χ4n) is 10.0. The van der Waals surface area contributed by atoms with Crippen LogP contribution >= 0.6 is 0 Å². The highest BCUT2D eigenvalue weighted by atomic mass is 14.5. The van der Waals surface area contributed by atoms with Crippen LogP contribution in [-0.2, 0) is 36.5 Å². The lowest BCUT2D eigenvalue weighted by molar-refractivity contribution is 0.521. The highest BCUT2D eigenvalue weighted by molar-refractivity contribution is 6.19. The van der Waals surface area contributed by atoms with Crippen LogP contribution < -0.4 is 0 Å². The Kier molecular flexibility index (Phi) is 3.60. The third kappa shape index (κ3) is 2.29. The van der Waals surface area contributed by atoms with Crippen molar-refractivity contribution in [3.8, 4) is 44.5 Å². The normalized spacial score (nSPS) is 18.0. The van der Waals surface area contributed by atoms with Gasteiger partial charge in [0.15, 0.2) is 0 Å². The fraction of sp³-hybridized carbons (Fsp3) is 0.238. The third-order valence-electron chi connectivity index (χ3n) is 12.2. The summed E-state index contributed by atoms with van der Waals surface area (Å²) in [4.78, 5) is 0. The first-order valence-electron chi connectivity index (χ1n) is 15.9. The average molecular weight is 537 g/mol. The number of rotatable bonds is 0. The van der Waals surface area contributed by atoms with Crippen LogP contribution in [0.25, 0.3) is 66.1 Å². The van der Waals surface area contributed by atoms with Crippen molar-refractivity contribution in [2.45, 2.75) is 64.2 Å². The Morgan fingerprint density at radius 1 is 0.333 bits per heavy atom. The molecule has 200 valence electrons. The molecule has 0 aliphatic heterocycles. The SMILES string of the molecule is CC1(C)c2cc3c(cc2C(C)(C)c2cc4c(cc21)-c1ccc2c5c(ccc-4c15)CC2)-c1ccc2c4c(ccc-3c14)CC2. The van der Waals surface area contributed by atoms with E-state index >= 15 is 0 Å². The molecule has 42 heavy (non-hydrogen) atoms. The molecular formula is C42H32. The van der Waals surface area contributed by atoms with Crippen LogP contribution in [0.4, 0.5) is 0 Å². The highest BCUT2D eigenvalue weighted by Crippen LogP contribution is 2.59. The number of aryl methyl sites for hydroxylation is 4. The van der Waals surface area contributed by atoms with Crippen molar-refractivity contribution in [1.29, 1.82) is 0 Å². The minimum absolute atomic E-state index is 0.0931. The summed E-state index contributed by atoms with van der Waals surface area (Å²) < 4.78 is 0. The van der Waals surface area contributed by atoms with Crippen molar-refractivity contribution >= 4 is 21.5 Å². The minimum atomic E-state index is -0.0931. The Bertz CT molecular complexity index is 2020. The quantitative estimate of drug-likeness (QED) is 0.181. The molecule has 0 radical (unpaired) electrons. The second-order valence-electron chi connectivity index (χ2n) is 14.7. The Balaban J connectivity index is 1.19. The van der Waals surface area contributed by atoms with Gasteiger partial charge in [-0.05, 0) is 161 Å². The molecule has 6 aromatic rings. The Hall–Kier alpha value is -4.16. The van der Waals surface area contributed by atoms with Crippen LogP contribution in [0.5, 0.6) is 0 Å². The molecule has 0 unspecified atom stereocenters. The topological polar surface area (TPSA) is 0 Å². The van der Waals surface area contributed by atoms with Gasteiger partial charge in [-0.25, -0.2) is 0 Å². The van der Waals surface area contributed by atoms with Crippen molar-refractivity contribution in [2.24, 2.45) is 0 Å². The molecule has 0 spiro atoms. The van der Waals surface area contributed by atoms with E-state index in [0.29, 0.717) is 0 Å². The standard InChI is InChI=1S/C42H32/c1-41(2)33-17-29-25-13-9-21-5-7-23-11-15-27(39(25)37(21)23)31(29)19-35(33)42(3,4)36-20-32-28-16-12-24-8-6-22-10-14-26(40(28)38(22)24)30(32)18-34(36)41/h9-20H,5-8H2,1-4H3. The summed E-state index contributed by atoms with van der Waals surface area (Å²) in [6, 6.07) is 29.7. The molecule has 0 nitrogen and oxygen atoms in total. The van der Waals surface area contributed by atoms with Gasteiger partial charge in [-0.1, -0.05) is 76.2 Å². The lowest BCUT2D eigenvalue weighted by atomic mass is 9.59. The van der Waals surface area contributed by atoms with Crippen LogP contribution in [0.3, 0.4) is 0 Å². The summed E-state index contributed by atoms with van der Waals surface area (Å²) in [7, 11) is 0. The molecule has 0 atom stereocenters. The molecule has 6 aromatic carbocycles. The molecule has 0 bridgehead atoms. The van der Waals surface area contributed by atoms with Crippen LogP contribution in [0.15, 0.2) is 72.8 Å². The molecule has 0 N–H and O–H groups in total. The molecule has 0 aromatic heterocycles. The third-order valence-corrected chi connectivity index (χ3v) is 12.2. The minimum Gasteiger partial charge on any atom is -0.0578 e. The van der Waals surface area contributed by atoms with E-state index in [-0.39, 0.29) is 10.8 Å². The Morgan fingerprint density at radius 2 is 0.595 bits per heavy atom. The lowest BCUT2D eigenvalue weighted by Gasteiger charge is -2.44. The number of hydrogen-bond donors (Lipinski definition) is 0. The largest absolute Gasteiger partial charge is 0.0578 e. The molecular weight excluding hydrogens is 504 g/mol. The zero-order chi connectivity index (χ0) is 27.9. The van der Waals surface area contributed by atoms with Crippen molar-refractivity contribution in [3.63, 3.8) is 0 Å². The van der Waals surface area contributed by atoms with E-state index in [2.05, 4.69) is 100 Å². The number of fused-ring (bicyclic) bond motifs is 8. The molecule has 0 heterocycles. The second kappa shape index (κ2) is 6.73. The lowest BCUT2D eigenvalue weighted by Crippen LogP contribution is -2.36. The van der Waals surface area contributed by atoms with Crippen molar-refractivity contribution in [2.75, 3.05) is 0 Å². The van der Waals surface area contributed by atoms with Crippen molar-refractivity contribution in [1.82, 2.24) is 0 Å². The first-order chi connectivity index (χ1) is 20.3. The molecule has 11 rings (SSSR count). The van der Waals surface area contributed by atoms with Crippen molar-refractivity contribution in [3.05, 3.63) is 117 Å².